The summed E-state index contributed by atoms with van der Waals surface area (Å²) in [6.07, 6.45) is 0. The van der Waals surface area contributed by atoms with E-state index >= 15 is 0 Å². The fourth-order valence-electron chi connectivity index (χ4n) is 3.98. The zero-order valence-electron chi connectivity index (χ0n) is 17.9. The third kappa shape index (κ3) is 4.42. The van der Waals surface area contributed by atoms with Crippen LogP contribution in [0.5, 0.6) is 5.75 Å². The summed E-state index contributed by atoms with van der Waals surface area (Å²) in [4.78, 5) is 28.6. The molecule has 0 saturated carbocycles. The van der Waals surface area contributed by atoms with Crippen LogP contribution in [-0.4, -0.2) is 82.4 Å². The van der Waals surface area contributed by atoms with E-state index in [0.717, 1.165) is 15.7 Å². The molecule has 2 amide bonds. The third-order valence-corrected chi connectivity index (χ3v) is 7.56. The molecule has 0 atom stereocenters. The number of amides is 2. The Morgan fingerprint density at radius 1 is 1.00 bits per heavy atom. The number of methoxy groups -OCH3 is 1. The van der Waals surface area contributed by atoms with Gasteiger partial charge < -0.3 is 19.9 Å². The van der Waals surface area contributed by atoms with Crippen LogP contribution in [0.25, 0.3) is 0 Å². The Labute approximate surface area is 187 Å². The van der Waals surface area contributed by atoms with Crippen molar-refractivity contribution in [3.63, 3.8) is 0 Å². The van der Waals surface area contributed by atoms with Crippen molar-refractivity contribution in [2.24, 2.45) is 0 Å². The van der Waals surface area contributed by atoms with E-state index in [0.29, 0.717) is 31.7 Å². The zero-order chi connectivity index (χ0) is 22.7. The molecule has 32 heavy (non-hydrogen) atoms. The van der Waals surface area contributed by atoms with Gasteiger partial charge in [-0.25, -0.2) is 8.42 Å². The summed E-state index contributed by atoms with van der Waals surface area (Å²) in [7, 11) is -2.22. The molecule has 2 aromatic rings. The van der Waals surface area contributed by atoms with Crippen molar-refractivity contribution in [1.29, 1.82) is 0 Å². The average molecular weight is 459 g/mol. The number of ether oxygens (including phenoxy) is 1. The zero-order valence-corrected chi connectivity index (χ0v) is 18.7. The van der Waals surface area contributed by atoms with Crippen molar-refractivity contribution >= 4 is 27.5 Å². The molecule has 2 saturated heterocycles. The molecule has 0 radical (unpaired) electrons. The van der Waals surface area contributed by atoms with E-state index in [2.05, 4.69) is 10.2 Å². The fraction of sp³-hybridized carbons (Fsp3) is 0.364. The van der Waals surface area contributed by atoms with Crippen molar-refractivity contribution < 1.29 is 22.7 Å². The first-order valence-electron chi connectivity index (χ1n) is 10.4. The number of nitrogens with one attached hydrogen (secondary N) is 1. The van der Waals surface area contributed by atoms with E-state index < -0.39 is 10.0 Å². The van der Waals surface area contributed by atoms with Crippen LogP contribution in [0.3, 0.4) is 0 Å². The summed E-state index contributed by atoms with van der Waals surface area (Å²) in [5, 5.41) is 2.61. The van der Waals surface area contributed by atoms with Gasteiger partial charge in [-0.2, -0.15) is 4.31 Å². The first kappa shape index (κ1) is 22.1. The number of carbonyl (C=O) groups excluding carboxylic acids is 2. The lowest BCUT2D eigenvalue weighted by Crippen LogP contribution is -2.50. The Morgan fingerprint density at radius 2 is 1.75 bits per heavy atom. The maximum atomic E-state index is 13.1. The predicted octanol–water partition coefficient (Wildman–Crippen LogP) is 0.778. The SMILES string of the molecule is COc1ccccc1N1CCN(C(=O)c2cccc(S(=O)(=O)N3CCNC(=O)C3)c2)CC1. The van der Waals surface area contributed by atoms with Crippen molar-refractivity contribution in [2.75, 3.05) is 57.8 Å². The number of carbonyl (C=O) groups is 2. The molecule has 1 N–H and O–H groups in total. The van der Waals surface area contributed by atoms with Gasteiger partial charge in [-0.3, -0.25) is 9.59 Å². The minimum absolute atomic E-state index is 0.0192. The molecule has 0 spiro atoms. The lowest BCUT2D eigenvalue weighted by atomic mass is 10.1. The van der Waals surface area contributed by atoms with Crippen LogP contribution < -0.4 is 15.0 Å². The highest BCUT2D eigenvalue weighted by molar-refractivity contribution is 7.89. The Hall–Kier alpha value is -3.11. The largest absolute Gasteiger partial charge is 0.495 e. The van der Waals surface area contributed by atoms with Gasteiger partial charge >= 0.3 is 0 Å². The minimum Gasteiger partial charge on any atom is -0.495 e. The summed E-state index contributed by atoms with van der Waals surface area (Å²) in [6.45, 7) is 2.58. The Morgan fingerprint density at radius 3 is 2.47 bits per heavy atom. The molecule has 10 heteroatoms. The van der Waals surface area contributed by atoms with Gasteiger partial charge in [0.1, 0.15) is 5.75 Å². The maximum absolute atomic E-state index is 13.1. The number of benzene rings is 2. The molecule has 0 aliphatic carbocycles. The van der Waals surface area contributed by atoms with E-state index in [1.807, 2.05) is 24.3 Å². The quantitative estimate of drug-likeness (QED) is 0.711. The first-order valence-corrected chi connectivity index (χ1v) is 11.9. The smallest absolute Gasteiger partial charge is 0.254 e. The maximum Gasteiger partial charge on any atom is 0.254 e. The number of sulfonamides is 1. The van der Waals surface area contributed by atoms with Gasteiger partial charge in [0, 0.05) is 44.8 Å². The van der Waals surface area contributed by atoms with Crippen molar-refractivity contribution in [3.8, 4) is 5.75 Å². The molecule has 2 heterocycles. The second-order valence-corrected chi connectivity index (χ2v) is 9.61. The Kier molecular flexibility index (Phi) is 6.33. The summed E-state index contributed by atoms with van der Waals surface area (Å²) < 4.78 is 32.5. The molecule has 2 aromatic carbocycles. The highest BCUT2D eigenvalue weighted by Crippen LogP contribution is 2.28. The van der Waals surface area contributed by atoms with Crippen LogP contribution in [0.1, 0.15) is 10.4 Å². The first-order chi connectivity index (χ1) is 15.4. The normalized spacial score (nSPS) is 17.7. The fourth-order valence-corrected chi connectivity index (χ4v) is 5.43. The molecule has 2 aliphatic rings. The van der Waals surface area contributed by atoms with E-state index in [-0.39, 0.29) is 36.3 Å². The number of anilines is 1. The molecule has 0 aromatic heterocycles. The van der Waals surface area contributed by atoms with Gasteiger partial charge in [0.2, 0.25) is 15.9 Å². The molecular formula is C22H26N4O5S. The van der Waals surface area contributed by atoms with Crippen LogP contribution in [0.4, 0.5) is 5.69 Å². The summed E-state index contributed by atoms with van der Waals surface area (Å²) >= 11 is 0. The molecule has 170 valence electrons. The van der Waals surface area contributed by atoms with Crippen LogP contribution in [0.2, 0.25) is 0 Å². The summed E-state index contributed by atoms with van der Waals surface area (Å²) in [5.41, 5.74) is 1.30. The molecule has 4 rings (SSSR count). The average Bonchev–Trinajstić information content (AvgIpc) is 2.83. The van der Waals surface area contributed by atoms with Crippen molar-refractivity contribution in [1.82, 2.24) is 14.5 Å². The van der Waals surface area contributed by atoms with E-state index in [9.17, 15) is 18.0 Å². The number of para-hydroxylation sites is 2. The van der Waals surface area contributed by atoms with Gasteiger partial charge in [0.05, 0.1) is 24.2 Å². The molecule has 2 fully saturated rings. The minimum atomic E-state index is -3.85. The number of hydrogen-bond donors (Lipinski definition) is 1. The van der Waals surface area contributed by atoms with E-state index in [4.69, 9.17) is 4.74 Å². The molecule has 0 bridgehead atoms. The van der Waals surface area contributed by atoms with E-state index in [1.165, 1.54) is 12.1 Å². The van der Waals surface area contributed by atoms with Gasteiger partial charge in [0.15, 0.2) is 0 Å². The molecule has 2 aliphatic heterocycles. The second-order valence-electron chi connectivity index (χ2n) is 7.67. The number of nitrogens with zero attached hydrogens (tertiary/aromatic N) is 3. The number of hydrogen-bond acceptors (Lipinski definition) is 6. The second kappa shape index (κ2) is 9.17. The number of rotatable bonds is 5. The Balaban J connectivity index is 1.46. The summed E-state index contributed by atoms with van der Waals surface area (Å²) in [6, 6.07) is 13.8. The monoisotopic (exact) mass is 458 g/mol. The van der Waals surface area contributed by atoms with Gasteiger partial charge in [0.25, 0.3) is 5.91 Å². The predicted molar refractivity (Wildman–Crippen MR) is 119 cm³/mol. The van der Waals surface area contributed by atoms with Gasteiger partial charge in [-0.05, 0) is 30.3 Å². The lowest BCUT2D eigenvalue weighted by Gasteiger charge is -2.36. The van der Waals surface area contributed by atoms with Gasteiger partial charge in [-0.15, -0.1) is 0 Å². The molecule has 9 nitrogen and oxygen atoms in total. The number of piperazine rings is 2. The van der Waals surface area contributed by atoms with E-state index in [1.54, 1.807) is 24.1 Å². The molecular weight excluding hydrogens is 432 g/mol. The van der Waals surface area contributed by atoms with Crippen molar-refractivity contribution in [3.05, 3.63) is 54.1 Å². The van der Waals surface area contributed by atoms with Crippen molar-refractivity contribution in [2.45, 2.75) is 4.90 Å². The third-order valence-electron chi connectivity index (χ3n) is 5.71. The van der Waals surface area contributed by atoms with Crippen LogP contribution in [-0.2, 0) is 14.8 Å². The van der Waals surface area contributed by atoms with Crippen LogP contribution in [0, 0.1) is 0 Å². The lowest BCUT2D eigenvalue weighted by molar-refractivity contribution is -0.122. The highest BCUT2D eigenvalue weighted by atomic mass is 32.2. The highest BCUT2D eigenvalue weighted by Gasteiger charge is 2.30. The molecule has 0 unspecified atom stereocenters. The Bertz CT molecular complexity index is 1110. The topological polar surface area (TPSA) is 99.3 Å². The summed E-state index contributed by atoms with van der Waals surface area (Å²) in [5.74, 6) is 0.245. The standard InChI is InChI=1S/C22H26N4O5S/c1-31-20-8-3-2-7-19(20)24-11-13-25(14-12-24)22(28)17-5-4-6-18(15-17)32(29,30)26-10-9-23-21(27)16-26/h2-8,15H,9-14,16H2,1H3,(H,23,27). The van der Waals surface area contributed by atoms with Crippen LogP contribution >= 0.6 is 0 Å². The van der Waals surface area contributed by atoms with Crippen LogP contribution in [0.15, 0.2) is 53.4 Å². The van der Waals surface area contributed by atoms with Gasteiger partial charge in [-0.1, -0.05) is 18.2 Å².